The van der Waals surface area contributed by atoms with Crippen molar-refractivity contribution >= 4 is 0 Å². The second-order valence-electron chi connectivity index (χ2n) is 5.08. The molecule has 1 aliphatic heterocycles. The lowest BCUT2D eigenvalue weighted by Crippen LogP contribution is -2.55. The summed E-state index contributed by atoms with van der Waals surface area (Å²) >= 11 is 0. The number of nitrogens with zero attached hydrogens (tertiary/aromatic N) is 3. The monoisotopic (exact) mass is 183 g/mol. The molecule has 3 nitrogen and oxygen atoms in total. The standard InChI is InChI=1S/C10H21N3/c1-9(2)7-6-8-10(3,4)13(9)12-11-5/h6-8H2,1-5H3/b12-11+. The Balaban J connectivity index is 2.90. The van der Waals surface area contributed by atoms with Gasteiger partial charge in [-0.05, 0) is 47.0 Å². The van der Waals surface area contributed by atoms with E-state index in [1.54, 1.807) is 7.05 Å². The minimum atomic E-state index is 0.154. The first kappa shape index (κ1) is 10.5. The average molecular weight is 183 g/mol. The lowest BCUT2D eigenvalue weighted by atomic mass is 9.82. The summed E-state index contributed by atoms with van der Waals surface area (Å²) in [6.45, 7) is 8.95. The van der Waals surface area contributed by atoms with Crippen LogP contribution >= 0.6 is 0 Å². The van der Waals surface area contributed by atoms with Crippen molar-refractivity contribution in [2.45, 2.75) is 58.0 Å². The molecular formula is C10H21N3. The average Bonchev–Trinajstić information content (AvgIpc) is 1.96. The zero-order chi connectivity index (χ0) is 10.1. The molecule has 0 amide bonds. The molecule has 1 rings (SSSR count). The molecule has 1 fully saturated rings. The molecule has 0 radical (unpaired) electrons. The van der Waals surface area contributed by atoms with E-state index in [0.717, 1.165) is 0 Å². The van der Waals surface area contributed by atoms with Crippen molar-refractivity contribution in [1.29, 1.82) is 0 Å². The van der Waals surface area contributed by atoms with Crippen LogP contribution in [-0.2, 0) is 0 Å². The van der Waals surface area contributed by atoms with Crippen molar-refractivity contribution in [2.24, 2.45) is 10.3 Å². The van der Waals surface area contributed by atoms with Crippen molar-refractivity contribution in [1.82, 2.24) is 5.01 Å². The molecule has 0 spiro atoms. The molecule has 0 aromatic heterocycles. The van der Waals surface area contributed by atoms with Gasteiger partial charge in [-0.1, -0.05) is 5.22 Å². The lowest BCUT2D eigenvalue weighted by Gasteiger charge is -2.50. The molecule has 0 unspecified atom stereocenters. The van der Waals surface area contributed by atoms with Gasteiger partial charge in [0.05, 0.1) is 18.1 Å². The van der Waals surface area contributed by atoms with Gasteiger partial charge in [0.1, 0.15) is 0 Å². The topological polar surface area (TPSA) is 28.0 Å². The van der Waals surface area contributed by atoms with Gasteiger partial charge in [-0.2, -0.15) is 5.11 Å². The van der Waals surface area contributed by atoms with E-state index < -0.39 is 0 Å². The van der Waals surface area contributed by atoms with Gasteiger partial charge in [0.2, 0.25) is 0 Å². The maximum absolute atomic E-state index is 4.25. The van der Waals surface area contributed by atoms with E-state index in [-0.39, 0.29) is 11.1 Å². The van der Waals surface area contributed by atoms with Gasteiger partial charge < -0.3 is 0 Å². The first-order chi connectivity index (χ1) is 5.90. The van der Waals surface area contributed by atoms with Crippen LogP contribution in [-0.4, -0.2) is 23.1 Å². The highest BCUT2D eigenvalue weighted by Crippen LogP contribution is 2.38. The Morgan fingerprint density at radius 3 is 1.85 bits per heavy atom. The summed E-state index contributed by atoms with van der Waals surface area (Å²) in [7, 11) is 1.74. The van der Waals surface area contributed by atoms with Crippen LogP contribution in [0.1, 0.15) is 47.0 Å². The van der Waals surface area contributed by atoms with Crippen molar-refractivity contribution in [3.8, 4) is 0 Å². The quantitative estimate of drug-likeness (QED) is 0.574. The van der Waals surface area contributed by atoms with Gasteiger partial charge in [-0.25, -0.2) is 0 Å². The van der Waals surface area contributed by atoms with E-state index in [2.05, 4.69) is 43.0 Å². The summed E-state index contributed by atoms with van der Waals surface area (Å²) in [5.74, 6) is 0. The zero-order valence-electron chi connectivity index (χ0n) is 9.46. The first-order valence-electron chi connectivity index (χ1n) is 5.00. The second kappa shape index (κ2) is 3.28. The normalized spacial score (nSPS) is 26.7. The highest BCUT2D eigenvalue weighted by molar-refractivity contribution is 4.94. The molecule has 0 bridgehead atoms. The smallest absolute Gasteiger partial charge is 0.0546 e. The fourth-order valence-electron chi connectivity index (χ4n) is 2.32. The molecule has 1 aliphatic rings. The molecule has 3 heteroatoms. The molecule has 13 heavy (non-hydrogen) atoms. The maximum Gasteiger partial charge on any atom is 0.0546 e. The van der Waals surface area contributed by atoms with E-state index in [9.17, 15) is 0 Å². The highest BCUT2D eigenvalue weighted by atomic mass is 15.6. The molecule has 0 atom stereocenters. The van der Waals surface area contributed by atoms with E-state index in [4.69, 9.17) is 0 Å². The van der Waals surface area contributed by atoms with E-state index in [0.29, 0.717) is 0 Å². The summed E-state index contributed by atoms with van der Waals surface area (Å²) in [5, 5.41) is 10.3. The van der Waals surface area contributed by atoms with Gasteiger partial charge in [0.15, 0.2) is 0 Å². The van der Waals surface area contributed by atoms with Gasteiger partial charge in [0, 0.05) is 0 Å². The first-order valence-corrected chi connectivity index (χ1v) is 5.00. The molecular weight excluding hydrogens is 162 g/mol. The second-order valence-corrected chi connectivity index (χ2v) is 5.08. The molecule has 1 heterocycles. The van der Waals surface area contributed by atoms with Gasteiger partial charge in [-0.3, -0.25) is 5.01 Å². The molecule has 0 aromatic rings. The van der Waals surface area contributed by atoms with Crippen molar-refractivity contribution in [3.05, 3.63) is 0 Å². The van der Waals surface area contributed by atoms with Crippen LogP contribution in [0.25, 0.3) is 0 Å². The Kier molecular flexibility index (Phi) is 2.64. The molecule has 0 aliphatic carbocycles. The Bertz CT molecular complexity index is 190. The lowest BCUT2D eigenvalue weighted by molar-refractivity contribution is -0.0325. The number of rotatable bonds is 1. The van der Waals surface area contributed by atoms with Crippen LogP contribution in [0.2, 0.25) is 0 Å². The molecule has 0 N–H and O–H groups in total. The predicted octanol–water partition coefficient (Wildman–Crippen LogP) is 3.03. The molecule has 0 aromatic carbocycles. The van der Waals surface area contributed by atoms with Crippen LogP contribution in [0.15, 0.2) is 10.3 Å². The Morgan fingerprint density at radius 2 is 1.46 bits per heavy atom. The third-order valence-corrected chi connectivity index (χ3v) is 2.90. The zero-order valence-corrected chi connectivity index (χ0v) is 9.46. The largest absolute Gasteiger partial charge is 0.268 e. The predicted molar refractivity (Wildman–Crippen MR) is 54.6 cm³/mol. The van der Waals surface area contributed by atoms with E-state index >= 15 is 0 Å². The van der Waals surface area contributed by atoms with Gasteiger partial charge >= 0.3 is 0 Å². The Morgan fingerprint density at radius 1 is 1.00 bits per heavy atom. The van der Waals surface area contributed by atoms with Crippen LogP contribution < -0.4 is 0 Å². The number of piperidine rings is 1. The minimum absolute atomic E-state index is 0.154. The molecule has 1 saturated heterocycles. The van der Waals surface area contributed by atoms with Crippen LogP contribution in [0.3, 0.4) is 0 Å². The number of hydrogen-bond acceptors (Lipinski definition) is 2. The van der Waals surface area contributed by atoms with Crippen molar-refractivity contribution < 1.29 is 0 Å². The highest BCUT2D eigenvalue weighted by Gasteiger charge is 2.40. The minimum Gasteiger partial charge on any atom is -0.268 e. The third kappa shape index (κ3) is 2.01. The third-order valence-electron chi connectivity index (χ3n) is 2.90. The Hall–Kier alpha value is -0.600. The summed E-state index contributed by atoms with van der Waals surface area (Å²) in [6.07, 6.45) is 3.70. The summed E-state index contributed by atoms with van der Waals surface area (Å²) in [4.78, 5) is 0. The van der Waals surface area contributed by atoms with Gasteiger partial charge in [0.25, 0.3) is 0 Å². The Labute approximate surface area is 81.2 Å². The van der Waals surface area contributed by atoms with E-state index in [1.807, 2.05) is 0 Å². The summed E-state index contributed by atoms with van der Waals surface area (Å²) in [5.41, 5.74) is 0.308. The molecule has 0 saturated carbocycles. The SMILES string of the molecule is C/N=N/N1C(C)(C)CCCC1(C)C. The summed E-state index contributed by atoms with van der Waals surface area (Å²) in [6, 6.07) is 0. The van der Waals surface area contributed by atoms with Crippen molar-refractivity contribution in [3.63, 3.8) is 0 Å². The number of hydrogen-bond donors (Lipinski definition) is 0. The fraction of sp³-hybridized carbons (Fsp3) is 1.00. The maximum atomic E-state index is 4.25. The van der Waals surface area contributed by atoms with Gasteiger partial charge in [-0.15, -0.1) is 0 Å². The summed E-state index contributed by atoms with van der Waals surface area (Å²) < 4.78 is 0. The van der Waals surface area contributed by atoms with Crippen LogP contribution in [0, 0.1) is 0 Å². The van der Waals surface area contributed by atoms with Crippen molar-refractivity contribution in [2.75, 3.05) is 7.05 Å². The van der Waals surface area contributed by atoms with E-state index in [1.165, 1.54) is 19.3 Å². The van der Waals surface area contributed by atoms with Crippen LogP contribution in [0.4, 0.5) is 0 Å². The van der Waals surface area contributed by atoms with Crippen LogP contribution in [0.5, 0.6) is 0 Å². The molecule has 76 valence electrons. The fourth-order valence-corrected chi connectivity index (χ4v) is 2.32.